The molecule has 3 aromatic carbocycles. The average molecular weight is 474 g/mol. The molecule has 0 aliphatic rings. The summed E-state index contributed by atoms with van der Waals surface area (Å²) in [6.45, 7) is 0. The minimum atomic E-state index is -2.14. The summed E-state index contributed by atoms with van der Waals surface area (Å²) in [6, 6.07) is 35.9. The van der Waals surface area contributed by atoms with Crippen LogP contribution in [0.15, 0.2) is 116 Å². The van der Waals surface area contributed by atoms with Crippen molar-refractivity contribution < 1.29 is 9.90 Å². The Labute approximate surface area is 172 Å². The Balaban J connectivity index is 0.000000211. The van der Waals surface area contributed by atoms with E-state index in [1.165, 1.54) is 24.5 Å². The number of carbonyl (C=O) groups is 1. The molecule has 0 saturated carbocycles. The fraction of sp³-hybridized carbons (Fsp3) is 0. The van der Waals surface area contributed by atoms with Gasteiger partial charge in [-0.25, -0.2) is 4.79 Å². The fourth-order valence-corrected chi connectivity index (χ4v) is 11.5. The summed E-state index contributed by atoms with van der Waals surface area (Å²) in [4.78, 5) is 13.8. The molecule has 1 aromatic heterocycles. The van der Waals surface area contributed by atoms with E-state index < -0.39 is 25.7 Å². The molecule has 0 atom stereocenters. The van der Waals surface area contributed by atoms with Gasteiger partial charge in [0.15, 0.2) is 0 Å². The third-order valence-corrected chi connectivity index (χ3v) is 13.3. The van der Waals surface area contributed by atoms with Gasteiger partial charge in [-0.2, -0.15) is 0 Å². The number of hydrogen-bond donors (Lipinski definition) is 1. The number of hydrogen-bond acceptors (Lipinski definition) is 2. The third kappa shape index (κ3) is 5.54. The Kier molecular flexibility index (Phi) is 7.38. The van der Waals surface area contributed by atoms with Gasteiger partial charge < -0.3 is 5.11 Å². The van der Waals surface area contributed by atoms with Crippen LogP contribution in [0, 0.1) is 0 Å². The Morgan fingerprint density at radius 1 is 0.607 bits per heavy atom. The maximum absolute atomic E-state index is 10.2. The third-order valence-electron chi connectivity index (χ3n) is 4.33. The van der Waals surface area contributed by atoms with Crippen LogP contribution in [0.1, 0.15) is 10.4 Å². The van der Waals surface area contributed by atoms with E-state index in [4.69, 9.17) is 5.11 Å². The van der Waals surface area contributed by atoms with Crippen molar-refractivity contribution in [2.24, 2.45) is 0 Å². The van der Waals surface area contributed by atoms with Crippen LogP contribution in [0.5, 0.6) is 0 Å². The number of carboxylic acid groups (broad SMARTS) is 1. The van der Waals surface area contributed by atoms with Gasteiger partial charge in [0.25, 0.3) is 0 Å². The molecule has 3 nitrogen and oxygen atoms in total. The van der Waals surface area contributed by atoms with Crippen LogP contribution in [0.3, 0.4) is 0 Å². The molecular weight excluding hydrogens is 453 g/mol. The summed E-state index contributed by atoms with van der Waals surface area (Å²) >= 11 is -2.14. The number of carboxylic acids is 1. The van der Waals surface area contributed by atoms with Gasteiger partial charge in [0.1, 0.15) is 0 Å². The maximum atomic E-state index is 10.2. The van der Waals surface area contributed by atoms with Crippen molar-refractivity contribution in [3.05, 3.63) is 121 Å². The van der Waals surface area contributed by atoms with E-state index in [1.54, 1.807) is 10.7 Å². The molecule has 0 aliphatic heterocycles. The fourth-order valence-electron chi connectivity index (χ4n) is 3.01. The molecule has 0 saturated heterocycles. The summed E-state index contributed by atoms with van der Waals surface area (Å²) in [5.74, 6) is -0.919. The molecule has 1 N–H and O–H groups in total. The number of aromatic carboxylic acids is 1. The topological polar surface area (TPSA) is 50.2 Å². The molecule has 28 heavy (non-hydrogen) atoms. The molecule has 0 bridgehead atoms. The van der Waals surface area contributed by atoms with E-state index in [0.29, 0.717) is 0 Å². The zero-order valence-corrected chi connectivity index (χ0v) is 18.6. The van der Waals surface area contributed by atoms with Crippen molar-refractivity contribution in [1.82, 2.24) is 4.98 Å². The Morgan fingerprint density at radius 3 is 1.25 bits per heavy atom. The van der Waals surface area contributed by atoms with Gasteiger partial charge in [-0.15, -0.1) is 0 Å². The molecule has 4 rings (SSSR count). The van der Waals surface area contributed by atoms with Gasteiger partial charge in [-0.05, 0) is 12.1 Å². The zero-order chi connectivity index (χ0) is 19.6. The van der Waals surface area contributed by atoms with Gasteiger partial charge in [0, 0.05) is 12.4 Å². The van der Waals surface area contributed by atoms with E-state index >= 15 is 0 Å². The van der Waals surface area contributed by atoms with E-state index in [0.717, 1.165) is 0 Å². The Bertz CT molecular complexity index is 884. The summed E-state index contributed by atoms with van der Waals surface area (Å²) in [7, 11) is 0. The molecular formula is C24H21NO2Sn. The molecule has 0 unspecified atom stereocenters. The van der Waals surface area contributed by atoms with Gasteiger partial charge in [0.2, 0.25) is 0 Å². The number of benzene rings is 3. The molecule has 0 aliphatic carbocycles. The first-order valence-corrected chi connectivity index (χ1v) is 14.0. The van der Waals surface area contributed by atoms with E-state index in [1.807, 2.05) is 0 Å². The monoisotopic (exact) mass is 475 g/mol. The molecule has 0 fully saturated rings. The SMILES string of the molecule is O=C(O)c1ccncc1.c1cc[c]([SnH]([c]2ccccc2)[c]2ccccc2)cc1. The molecule has 0 spiro atoms. The van der Waals surface area contributed by atoms with Crippen molar-refractivity contribution in [1.29, 1.82) is 0 Å². The first-order valence-electron chi connectivity index (χ1n) is 9.04. The number of nitrogens with zero attached hydrogens (tertiary/aromatic N) is 1. The van der Waals surface area contributed by atoms with Crippen LogP contribution in [-0.2, 0) is 0 Å². The van der Waals surface area contributed by atoms with E-state index in [9.17, 15) is 4.79 Å². The van der Waals surface area contributed by atoms with Crippen LogP contribution in [0.25, 0.3) is 0 Å². The first-order chi connectivity index (χ1) is 13.8. The predicted octanol–water partition coefficient (Wildman–Crippen LogP) is 2.71. The summed E-state index contributed by atoms with van der Waals surface area (Å²) < 4.78 is 4.63. The molecule has 138 valence electrons. The Hall–Kier alpha value is -2.92. The second kappa shape index (κ2) is 10.4. The summed E-state index contributed by atoms with van der Waals surface area (Å²) in [5.41, 5.74) is 0.269. The van der Waals surface area contributed by atoms with Crippen molar-refractivity contribution in [2.45, 2.75) is 0 Å². The van der Waals surface area contributed by atoms with Gasteiger partial charge in [0.05, 0.1) is 5.56 Å². The molecule has 4 aromatic rings. The van der Waals surface area contributed by atoms with E-state index in [2.05, 4.69) is 96.0 Å². The van der Waals surface area contributed by atoms with Crippen LogP contribution in [0.4, 0.5) is 0 Å². The number of aromatic nitrogens is 1. The molecule has 4 heteroatoms. The molecule has 0 amide bonds. The Morgan fingerprint density at radius 2 is 0.964 bits per heavy atom. The van der Waals surface area contributed by atoms with Crippen molar-refractivity contribution >= 4 is 36.5 Å². The minimum absolute atomic E-state index is 0.269. The zero-order valence-electron chi connectivity index (χ0n) is 15.3. The standard InChI is InChI=1S/C6H5NO2.3C6H5.Sn.H/c8-6(9)5-1-3-7-4-2-5;3*1-2-4-6-5-3-1;;/h1-4H,(H,8,9);3*1-5H;;. The average Bonchev–Trinajstić information content (AvgIpc) is 2.77. The normalized spacial score (nSPS) is 10.0. The number of rotatable bonds is 4. The summed E-state index contributed by atoms with van der Waals surface area (Å²) in [5, 5.41) is 8.36. The van der Waals surface area contributed by atoms with Gasteiger partial charge in [-0.1, -0.05) is 0 Å². The van der Waals surface area contributed by atoms with Crippen LogP contribution >= 0.6 is 0 Å². The molecule has 1 heterocycles. The molecule has 0 radical (unpaired) electrons. The van der Waals surface area contributed by atoms with Crippen molar-refractivity contribution in [3.8, 4) is 0 Å². The van der Waals surface area contributed by atoms with Crippen molar-refractivity contribution in [3.63, 3.8) is 0 Å². The van der Waals surface area contributed by atoms with Gasteiger partial charge >= 0.3 is 127 Å². The van der Waals surface area contributed by atoms with E-state index in [-0.39, 0.29) is 5.56 Å². The van der Waals surface area contributed by atoms with Crippen LogP contribution in [-0.4, -0.2) is 35.8 Å². The van der Waals surface area contributed by atoms with Crippen molar-refractivity contribution in [2.75, 3.05) is 0 Å². The second-order valence-corrected chi connectivity index (χ2v) is 14.4. The first kappa shape index (κ1) is 19.8. The van der Waals surface area contributed by atoms with Crippen LogP contribution < -0.4 is 10.7 Å². The number of pyridine rings is 1. The van der Waals surface area contributed by atoms with Gasteiger partial charge in [-0.3, -0.25) is 4.98 Å². The summed E-state index contributed by atoms with van der Waals surface area (Å²) in [6.07, 6.45) is 2.90. The van der Waals surface area contributed by atoms with Crippen LogP contribution in [0.2, 0.25) is 0 Å². The predicted molar refractivity (Wildman–Crippen MR) is 117 cm³/mol. The second-order valence-electron chi connectivity index (χ2n) is 6.21. The quantitative estimate of drug-likeness (QED) is 0.463.